The van der Waals surface area contributed by atoms with Crippen LogP contribution in [-0.4, -0.2) is 12.6 Å². The van der Waals surface area contributed by atoms with E-state index in [1.54, 1.807) is 0 Å². The Kier molecular flexibility index (Phi) is 4.99. The zero-order valence-electron chi connectivity index (χ0n) is 10.6. The molecule has 0 atom stereocenters. The molecule has 2 rings (SSSR count). The molecule has 1 aromatic carbocycles. The zero-order valence-corrected chi connectivity index (χ0v) is 12.9. The maximum Gasteiger partial charge on any atom is 0.339 e. The highest BCUT2D eigenvalue weighted by molar-refractivity contribution is 6.45. The molecule has 104 valence electrons. The summed E-state index contributed by atoms with van der Waals surface area (Å²) < 4.78 is 5.22. The van der Waals surface area contributed by atoms with E-state index in [2.05, 4.69) is 6.92 Å². The van der Waals surface area contributed by atoms with Crippen LogP contribution in [0.15, 0.2) is 12.1 Å². The van der Waals surface area contributed by atoms with Crippen molar-refractivity contribution >= 4 is 40.8 Å². The third kappa shape index (κ3) is 3.77. The molecule has 1 aliphatic rings. The third-order valence-electron chi connectivity index (χ3n) is 3.44. The third-order valence-corrected chi connectivity index (χ3v) is 4.46. The van der Waals surface area contributed by atoms with Gasteiger partial charge < -0.3 is 4.74 Å². The predicted molar refractivity (Wildman–Crippen MR) is 78.3 cm³/mol. The number of carbonyl (C=O) groups is 1. The summed E-state index contributed by atoms with van der Waals surface area (Å²) in [7, 11) is 0. The molecule has 1 saturated carbocycles. The molecule has 19 heavy (non-hydrogen) atoms. The van der Waals surface area contributed by atoms with Crippen LogP contribution >= 0.6 is 34.8 Å². The van der Waals surface area contributed by atoms with Gasteiger partial charge in [0, 0.05) is 5.02 Å². The first kappa shape index (κ1) is 15.0. The van der Waals surface area contributed by atoms with Crippen LogP contribution in [0.2, 0.25) is 15.1 Å². The highest BCUT2D eigenvalue weighted by Crippen LogP contribution is 2.35. The van der Waals surface area contributed by atoms with Crippen molar-refractivity contribution in [1.29, 1.82) is 0 Å². The van der Waals surface area contributed by atoms with Crippen LogP contribution < -0.4 is 0 Å². The van der Waals surface area contributed by atoms with Gasteiger partial charge in [0.2, 0.25) is 0 Å². The highest BCUT2D eigenvalue weighted by Gasteiger charge is 2.25. The second-order valence-corrected chi connectivity index (χ2v) is 6.34. The van der Waals surface area contributed by atoms with Crippen molar-refractivity contribution < 1.29 is 9.53 Å². The summed E-state index contributed by atoms with van der Waals surface area (Å²) in [5.41, 5.74) is 0.223. The molecule has 0 aromatic heterocycles. The van der Waals surface area contributed by atoms with Gasteiger partial charge in [0.15, 0.2) is 0 Å². The summed E-state index contributed by atoms with van der Waals surface area (Å²) in [4.78, 5) is 11.9. The Hall–Kier alpha value is -0.440. The molecule has 1 aromatic rings. The summed E-state index contributed by atoms with van der Waals surface area (Å²) in [6, 6.07) is 2.97. The predicted octanol–water partition coefficient (Wildman–Crippen LogP) is 5.24. The van der Waals surface area contributed by atoms with Gasteiger partial charge in [-0.15, -0.1) is 0 Å². The number of benzene rings is 1. The molecule has 0 spiro atoms. The largest absolute Gasteiger partial charge is 0.462 e. The van der Waals surface area contributed by atoms with E-state index in [9.17, 15) is 4.79 Å². The van der Waals surface area contributed by atoms with E-state index in [0.29, 0.717) is 17.5 Å². The minimum absolute atomic E-state index is 0.188. The summed E-state index contributed by atoms with van der Waals surface area (Å²) in [6.07, 6.45) is 3.35. The van der Waals surface area contributed by atoms with Gasteiger partial charge in [0.25, 0.3) is 0 Å². The molecule has 1 fully saturated rings. The van der Waals surface area contributed by atoms with Crippen molar-refractivity contribution in [1.82, 2.24) is 0 Å². The average Bonchev–Trinajstić information content (AvgIpc) is 2.31. The molecule has 0 radical (unpaired) electrons. The number of halogens is 3. The first-order valence-corrected chi connectivity index (χ1v) is 7.42. The molecule has 0 unspecified atom stereocenters. The van der Waals surface area contributed by atoms with Crippen molar-refractivity contribution in [2.75, 3.05) is 6.61 Å². The fourth-order valence-electron chi connectivity index (χ4n) is 2.41. The molecule has 0 heterocycles. The number of esters is 1. The SMILES string of the molecule is CC1CC(CCOC(=O)c2cc(Cl)cc(Cl)c2Cl)C1. The van der Waals surface area contributed by atoms with Crippen LogP contribution in [0.1, 0.15) is 36.5 Å². The van der Waals surface area contributed by atoms with Gasteiger partial charge in [-0.1, -0.05) is 41.7 Å². The quantitative estimate of drug-likeness (QED) is 0.560. The van der Waals surface area contributed by atoms with Crippen molar-refractivity contribution in [2.24, 2.45) is 11.8 Å². The molecule has 0 aliphatic heterocycles. The van der Waals surface area contributed by atoms with Crippen LogP contribution in [0.4, 0.5) is 0 Å². The van der Waals surface area contributed by atoms with Crippen LogP contribution in [0.3, 0.4) is 0 Å². The first-order chi connectivity index (χ1) is 8.97. The van der Waals surface area contributed by atoms with Crippen molar-refractivity contribution in [3.05, 3.63) is 32.8 Å². The lowest BCUT2D eigenvalue weighted by Crippen LogP contribution is -2.22. The van der Waals surface area contributed by atoms with Gasteiger partial charge in [-0.05, 0) is 43.2 Å². The van der Waals surface area contributed by atoms with Crippen LogP contribution in [0.25, 0.3) is 0 Å². The summed E-state index contributed by atoms with van der Waals surface area (Å²) in [5.74, 6) is 1.02. The second-order valence-electron chi connectivity index (χ2n) is 5.12. The lowest BCUT2D eigenvalue weighted by molar-refractivity contribution is 0.0445. The van der Waals surface area contributed by atoms with Gasteiger partial charge in [0.05, 0.1) is 22.2 Å². The molecule has 1 aliphatic carbocycles. The van der Waals surface area contributed by atoms with E-state index < -0.39 is 5.97 Å². The van der Waals surface area contributed by atoms with Gasteiger partial charge in [0.1, 0.15) is 0 Å². The number of carbonyl (C=O) groups excluding carboxylic acids is 1. The fraction of sp³-hybridized carbons (Fsp3) is 0.500. The van der Waals surface area contributed by atoms with Crippen molar-refractivity contribution in [3.8, 4) is 0 Å². The first-order valence-electron chi connectivity index (χ1n) is 6.29. The maximum atomic E-state index is 11.9. The number of rotatable bonds is 4. The Labute approximate surface area is 128 Å². The fourth-order valence-corrected chi connectivity index (χ4v) is 3.08. The van der Waals surface area contributed by atoms with Gasteiger partial charge in [-0.2, -0.15) is 0 Å². The lowest BCUT2D eigenvalue weighted by Gasteiger charge is -2.32. The molecular formula is C14H15Cl3O2. The zero-order chi connectivity index (χ0) is 14.0. The van der Waals surface area contributed by atoms with Crippen molar-refractivity contribution in [2.45, 2.75) is 26.2 Å². The smallest absolute Gasteiger partial charge is 0.339 e. The number of ether oxygens (including phenoxy) is 1. The summed E-state index contributed by atoms with van der Waals surface area (Å²) in [6.45, 7) is 2.65. The average molecular weight is 322 g/mol. The van der Waals surface area contributed by atoms with Gasteiger partial charge in [-0.25, -0.2) is 4.79 Å². The van der Waals surface area contributed by atoms with E-state index in [1.165, 1.54) is 25.0 Å². The molecule has 0 saturated heterocycles. The minimum Gasteiger partial charge on any atom is -0.462 e. The monoisotopic (exact) mass is 320 g/mol. The summed E-state index contributed by atoms with van der Waals surface area (Å²) in [5, 5.41) is 0.816. The Morgan fingerprint density at radius 1 is 1.32 bits per heavy atom. The Bertz CT molecular complexity index is 482. The molecule has 5 heteroatoms. The topological polar surface area (TPSA) is 26.3 Å². The Morgan fingerprint density at radius 3 is 2.63 bits per heavy atom. The second kappa shape index (κ2) is 6.34. The van der Waals surface area contributed by atoms with E-state index >= 15 is 0 Å². The minimum atomic E-state index is -0.471. The summed E-state index contributed by atoms with van der Waals surface area (Å²) >= 11 is 17.7. The van der Waals surface area contributed by atoms with Crippen LogP contribution in [-0.2, 0) is 4.74 Å². The van der Waals surface area contributed by atoms with E-state index in [0.717, 1.165) is 12.3 Å². The Morgan fingerprint density at radius 2 is 2.00 bits per heavy atom. The van der Waals surface area contributed by atoms with Crippen LogP contribution in [0.5, 0.6) is 0 Å². The standard InChI is InChI=1S/C14H15Cl3O2/c1-8-4-9(5-8)2-3-19-14(18)11-6-10(15)7-12(16)13(11)17/h6-9H,2-5H2,1H3. The molecular weight excluding hydrogens is 307 g/mol. The maximum absolute atomic E-state index is 11.9. The lowest BCUT2D eigenvalue weighted by atomic mass is 9.75. The van der Waals surface area contributed by atoms with Crippen molar-refractivity contribution in [3.63, 3.8) is 0 Å². The Balaban J connectivity index is 1.89. The van der Waals surface area contributed by atoms with E-state index in [4.69, 9.17) is 39.5 Å². The highest BCUT2D eigenvalue weighted by atomic mass is 35.5. The number of hydrogen-bond acceptors (Lipinski definition) is 2. The van der Waals surface area contributed by atoms with Gasteiger partial charge in [-0.3, -0.25) is 0 Å². The molecule has 2 nitrogen and oxygen atoms in total. The van der Waals surface area contributed by atoms with E-state index in [-0.39, 0.29) is 15.6 Å². The molecule has 0 amide bonds. The number of hydrogen-bond donors (Lipinski definition) is 0. The van der Waals surface area contributed by atoms with Gasteiger partial charge >= 0.3 is 5.97 Å². The normalized spacial score (nSPS) is 21.9. The van der Waals surface area contributed by atoms with E-state index in [1.807, 2.05) is 0 Å². The molecule has 0 bridgehead atoms. The van der Waals surface area contributed by atoms with Crippen LogP contribution in [0, 0.1) is 11.8 Å². The molecule has 0 N–H and O–H groups in total.